The van der Waals surface area contributed by atoms with E-state index in [1.54, 1.807) is 13.8 Å². The molecule has 0 aromatic carbocycles. The van der Waals surface area contributed by atoms with Gasteiger partial charge in [-0.2, -0.15) is 0 Å². The Balaban J connectivity index is 3.44. The number of unbranched alkanes of at least 4 members (excludes halogenated alkanes) is 16. The maximum atomic E-state index is 11.4. The van der Waals surface area contributed by atoms with Crippen molar-refractivity contribution in [1.82, 2.24) is 5.23 Å². The summed E-state index contributed by atoms with van der Waals surface area (Å²) in [6, 6.07) is 0. The highest BCUT2D eigenvalue weighted by molar-refractivity contribution is 5.69. The topological polar surface area (TPSA) is 55.8 Å². The first kappa shape index (κ1) is 28.9. The van der Waals surface area contributed by atoms with Crippen LogP contribution in [-0.2, 0) is 19.3 Å². The highest BCUT2D eigenvalue weighted by atomic mass is 17.0. The lowest BCUT2D eigenvalue weighted by atomic mass is 10.0. The molecular formula is C25H49NO4. The Bertz CT molecular complexity index is 383. The smallest absolute Gasteiger partial charge is 0.328 e. The zero-order valence-electron chi connectivity index (χ0n) is 20.2. The van der Waals surface area contributed by atoms with E-state index in [1.165, 1.54) is 96.3 Å². The van der Waals surface area contributed by atoms with Gasteiger partial charge in [0.2, 0.25) is 0 Å². The van der Waals surface area contributed by atoms with Crippen LogP contribution in [-0.4, -0.2) is 23.7 Å². The molecule has 5 nitrogen and oxygen atoms in total. The third-order valence-electron chi connectivity index (χ3n) is 5.43. The van der Waals surface area contributed by atoms with Gasteiger partial charge in [-0.3, -0.25) is 9.59 Å². The van der Waals surface area contributed by atoms with Crippen LogP contribution in [0.15, 0.2) is 0 Å². The molecule has 0 aliphatic carbocycles. The summed E-state index contributed by atoms with van der Waals surface area (Å²) in [7, 11) is 0. The van der Waals surface area contributed by atoms with E-state index in [9.17, 15) is 9.59 Å². The Labute approximate surface area is 186 Å². The lowest BCUT2D eigenvalue weighted by molar-refractivity contribution is -0.325. The van der Waals surface area contributed by atoms with Crippen LogP contribution >= 0.6 is 0 Å². The van der Waals surface area contributed by atoms with Crippen LogP contribution in [0.1, 0.15) is 143 Å². The van der Waals surface area contributed by atoms with Gasteiger partial charge in [-0.05, 0) is 6.42 Å². The minimum absolute atomic E-state index is 0.263. The maximum Gasteiger partial charge on any atom is 0.328 e. The van der Waals surface area contributed by atoms with Gasteiger partial charge in [0.25, 0.3) is 0 Å². The molecule has 0 aliphatic rings. The largest absolute Gasteiger partial charge is 0.333 e. The minimum atomic E-state index is -0.383. The van der Waals surface area contributed by atoms with Crippen LogP contribution in [0.5, 0.6) is 0 Å². The molecule has 30 heavy (non-hydrogen) atoms. The molecular weight excluding hydrogens is 378 g/mol. The summed E-state index contributed by atoms with van der Waals surface area (Å²) in [5.41, 5.74) is 0. The lowest BCUT2D eigenvalue weighted by Crippen LogP contribution is -2.31. The van der Waals surface area contributed by atoms with Crippen molar-refractivity contribution in [3.63, 3.8) is 0 Å². The normalized spacial score (nSPS) is 11.1. The highest BCUT2D eigenvalue weighted by Crippen LogP contribution is 2.14. The molecule has 0 saturated heterocycles. The van der Waals surface area contributed by atoms with Crippen LogP contribution in [0.2, 0.25) is 0 Å². The molecule has 5 heteroatoms. The van der Waals surface area contributed by atoms with E-state index >= 15 is 0 Å². The highest BCUT2D eigenvalue weighted by Gasteiger charge is 2.14. The molecule has 0 N–H and O–H groups in total. The van der Waals surface area contributed by atoms with Crippen molar-refractivity contribution in [3.05, 3.63) is 0 Å². The van der Waals surface area contributed by atoms with Gasteiger partial charge in [0.05, 0.1) is 6.54 Å². The van der Waals surface area contributed by atoms with E-state index < -0.39 is 0 Å². The molecule has 0 aromatic rings. The molecule has 0 heterocycles. The summed E-state index contributed by atoms with van der Waals surface area (Å²) in [6.45, 7) is 6.15. The van der Waals surface area contributed by atoms with Gasteiger partial charge in [0, 0.05) is 18.1 Å². The lowest BCUT2D eigenvalue weighted by Gasteiger charge is -2.18. The summed E-state index contributed by atoms with van der Waals surface area (Å²) >= 11 is 0. The van der Waals surface area contributed by atoms with E-state index in [2.05, 4.69) is 6.92 Å². The number of rotatable bonds is 22. The summed E-state index contributed by atoms with van der Waals surface area (Å²) in [4.78, 5) is 32.9. The monoisotopic (exact) mass is 427 g/mol. The van der Waals surface area contributed by atoms with Gasteiger partial charge < -0.3 is 9.68 Å². The molecule has 0 radical (unpaired) electrons. The van der Waals surface area contributed by atoms with E-state index in [1.807, 2.05) is 0 Å². The second-order valence-corrected chi connectivity index (χ2v) is 8.35. The number of hydrogen-bond donors (Lipinski definition) is 0. The van der Waals surface area contributed by atoms with Gasteiger partial charge in [-0.25, -0.2) is 0 Å². The van der Waals surface area contributed by atoms with Crippen molar-refractivity contribution in [1.29, 1.82) is 0 Å². The molecule has 0 aromatic heterocycles. The number of nitrogens with zero attached hydrogens (tertiary/aromatic N) is 1. The average Bonchev–Trinajstić information content (AvgIpc) is 2.75. The molecule has 0 bridgehead atoms. The molecule has 0 saturated carbocycles. The van der Waals surface area contributed by atoms with Gasteiger partial charge in [-0.1, -0.05) is 124 Å². The molecule has 0 unspecified atom stereocenters. The standard InChI is InChI=1S/C25H49NO4/c1-4-7-8-9-10-11-12-13-14-15-16-17-18-19-20-21-22-23-26(29-24(27)5-2)30-25(28)6-3/h4-23H2,1-3H3. The predicted molar refractivity (Wildman–Crippen MR) is 124 cm³/mol. The molecule has 0 aliphatic heterocycles. The van der Waals surface area contributed by atoms with E-state index in [4.69, 9.17) is 9.68 Å². The molecule has 0 rings (SSSR count). The molecule has 178 valence electrons. The van der Waals surface area contributed by atoms with Crippen molar-refractivity contribution in [2.45, 2.75) is 143 Å². The van der Waals surface area contributed by atoms with Crippen molar-refractivity contribution < 1.29 is 19.3 Å². The maximum absolute atomic E-state index is 11.4. The zero-order chi connectivity index (χ0) is 22.3. The van der Waals surface area contributed by atoms with Crippen LogP contribution < -0.4 is 0 Å². The quantitative estimate of drug-likeness (QED) is 0.131. The van der Waals surface area contributed by atoms with Gasteiger partial charge >= 0.3 is 11.9 Å². The minimum Gasteiger partial charge on any atom is -0.333 e. The number of hydroxylamine groups is 2. The number of carbonyl (C=O) groups excluding carboxylic acids is 2. The second kappa shape index (κ2) is 22.6. The van der Waals surface area contributed by atoms with E-state index in [-0.39, 0.29) is 24.8 Å². The Morgan fingerprint density at radius 1 is 0.500 bits per heavy atom. The number of carbonyl (C=O) groups is 2. The first-order valence-corrected chi connectivity index (χ1v) is 12.8. The summed E-state index contributed by atoms with van der Waals surface area (Å²) in [6.07, 6.45) is 22.9. The Kier molecular flexibility index (Phi) is 21.8. The summed E-state index contributed by atoms with van der Waals surface area (Å²) < 4.78 is 0. The molecule has 0 spiro atoms. The van der Waals surface area contributed by atoms with E-state index in [0.717, 1.165) is 18.1 Å². The van der Waals surface area contributed by atoms with Crippen LogP contribution in [0, 0.1) is 0 Å². The predicted octanol–water partition coefficient (Wildman–Crippen LogP) is 7.68. The Morgan fingerprint density at radius 3 is 1.10 bits per heavy atom. The first-order chi connectivity index (χ1) is 14.6. The van der Waals surface area contributed by atoms with Crippen LogP contribution in [0.25, 0.3) is 0 Å². The van der Waals surface area contributed by atoms with Crippen molar-refractivity contribution in [2.75, 3.05) is 6.54 Å². The van der Waals surface area contributed by atoms with Gasteiger partial charge in [0.15, 0.2) is 0 Å². The Morgan fingerprint density at radius 2 is 0.800 bits per heavy atom. The van der Waals surface area contributed by atoms with Crippen molar-refractivity contribution >= 4 is 11.9 Å². The van der Waals surface area contributed by atoms with Gasteiger partial charge in [-0.15, -0.1) is 0 Å². The fourth-order valence-corrected chi connectivity index (χ4v) is 3.43. The molecule has 0 fully saturated rings. The fourth-order valence-electron chi connectivity index (χ4n) is 3.43. The zero-order valence-corrected chi connectivity index (χ0v) is 20.2. The SMILES string of the molecule is CCCCCCCCCCCCCCCCCCCN(OC(=O)CC)OC(=O)CC. The summed E-state index contributed by atoms with van der Waals surface area (Å²) in [5.74, 6) is -0.767. The third kappa shape index (κ3) is 20.2. The van der Waals surface area contributed by atoms with Crippen LogP contribution in [0.4, 0.5) is 0 Å². The fraction of sp³-hybridized carbons (Fsp3) is 0.920. The van der Waals surface area contributed by atoms with Crippen molar-refractivity contribution in [2.24, 2.45) is 0 Å². The van der Waals surface area contributed by atoms with Crippen LogP contribution in [0.3, 0.4) is 0 Å². The second-order valence-electron chi connectivity index (χ2n) is 8.35. The average molecular weight is 428 g/mol. The van der Waals surface area contributed by atoms with E-state index in [0.29, 0.717) is 6.54 Å². The molecule has 0 atom stereocenters. The third-order valence-corrected chi connectivity index (χ3v) is 5.43. The Hall–Kier alpha value is -1.10. The van der Waals surface area contributed by atoms with Gasteiger partial charge in [0.1, 0.15) is 0 Å². The van der Waals surface area contributed by atoms with Crippen molar-refractivity contribution in [3.8, 4) is 0 Å². The number of hydrogen-bond acceptors (Lipinski definition) is 5. The summed E-state index contributed by atoms with van der Waals surface area (Å²) in [5, 5.41) is 1.06. The first-order valence-electron chi connectivity index (χ1n) is 12.8. The molecule has 0 amide bonds.